The summed E-state index contributed by atoms with van der Waals surface area (Å²) in [5.41, 5.74) is 1.00. The highest BCUT2D eigenvalue weighted by Gasteiger charge is 2.53. The van der Waals surface area contributed by atoms with Gasteiger partial charge in [0.25, 0.3) is 11.7 Å². The Morgan fingerprint density at radius 3 is 2.34 bits per heavy atom. The normalized spacial score (nSPS) is 39.1. The maximum Gasteiger partial charge on any atom is 0.329 e. The first-order valence-electron chi connectivity index (χ1n) is 24.7. The largest absolute Gasteiger partial charge is 0.460 e. The summed E-state index contributed by atoms with van der Waals surface area (Å²) in [5.74, 6) is -8.20. The number of ether oxygens (including phenoxy) is 4. The third kappa shape index (κ3) is 13.7. The molecule has 3 aliphatic heterocycles. The number of esters is 1. The fraction of sp³-hybridized carbons (Fsp3) is 0.725. The Morgan fingerprint density at radius 1 is 0.897 bits per heavy atom. The highest BCUT2D eigenvalue weighted by molar-refractivity contribution is 6.39. The van der Waals surface area contributed by atoms with Crippen LogP contribution in [0.15, 0.2) is 53.9 Å². The van der Waals surface area contributed by atoms with Crippen molar-refractivity contribution in [3.05, 3.63) is 53.9 Å². The van der Waals surface area contributed by atoms with Gasteiger partial charge in [0, 0.05) is 51.4 Å². The average molecular weight is 952 g/mol. The number of rotatable bonds is 6. The van der Waals surface area contributed by atoms with E-state index in [9.17, 15) is 39.3 Å². The molecule has 1 aromatic rings. The quantitative estimate of drug-likeness (QED) is 0.184. The summed E-state index contributed by atoms with van der Waals surface area (Å²) in [4.78, 5) is 72.0. The van der Waals surface area contributed by atoms with E-state index in [4.69, 9.17) is 18.9 Å². The number of ketones is 3. The molecule has 3 fully saturated rings. The Kier molecular flexibility index (Phi) is 20.1. The van der Waals surface area contributed by atoms with E-state index in [1.54, 1.807) is 71.0 Å². The van der Waals surface area contributed by atoms with Crippen molar-refractivity contribution in [1.29, 1.82) is 0 Å². The molecule has 3 N–H and O–H groups in total. The third-order valence-electron chi connectivity index (χ3n) is 14.9. The minimum absolute atomic E-state index is 0.00720. The molecule has 2 bridgehead atoms. The van der Waals surface area contributed by atoms with Gasteiger partial charge in [0.2, 0.25) is 5.79 Å². The summed E-state index contributed by atoms with van der Waals surface area (Å²) >= 11 is 0. The van der Waals surface area contributed by atoms with E-state index < -0.39 is 77.8 Å². The summed E-state index contributed by atoms with van der Waals surface area (Å²) in [6.45, 7) is 12.5. The number of cyclic esters (lactones) is 1. The fourth-order valence-corrected chi connectivity index (χ4v) is 10.5. The van der Waals surface area contributed by atoms with E-state index in [0.29, 0.717) is 56.1 Å². The van der Waals surface area contributed by atoms with Crippen LogP contribution in [-0.2, 0) is 42.9 Å². The first-order valence-corrected chi connectivity index (χ1v) is 24.7. The maximum atomic E-state index is 14.5. The van der Waals surface area contributed by atoms with E-state index >= 15 is 0 Å². The molecule has 4 aliphatic rings. The van der Waals surface area contributed by atoms with Gasteiger partial charge < -0.3 is 39.2 Å². The Labute approximate surface area is 401 Å². The number of aliphatic hydroxyl groups excluding tert-OH is 2. The molecule has 0 aromatic carbocycles. The molecule has 1 unspecified atom stereocenters. The minimum Gasteiger partial charge on any atom is -0.460 e. The van der Waals surface area contributed by atoms with Gasteiger partial charge in [-0.1, -0.05) is 71.1 Å². The van der Waals surface area contributed by atoms with E-state index in [2.05, 4.69) is 15.5 Å². The number of fused-ring (bicyclic) bond motifs is 3. The molecule has 2 saturated heterocycles. The molecule has 0 spiro atoms. The maximum absolute atomic E-state index is 14.5. The highest BCUT2D eigenvalue weighted by atomic mass is 16.6. The molecule has 1 aromatic heterocycles. The van der Waals surface area contributed by atoms with Crippen molar-refractivity contribution in [3.8, 4) is 0 Å². The summed E-state index contributed by atoms with van der Waals surface area (Å²) in [6, 6.07) is -1.22. The van der Waals surface area contributed by atoms with Gasteiger partial charge in [0.05, 0.1) is 24.4 Å². The molecule has 1 amide bonds. The minimum atomic E-state index is -2.49. The van der Waals surface area contributed by atoms with Crippen molar-refractivity contribution < 1.29 is 58.2 Å². The van der Waals surface area contributed by atoms with Crippen molar-refractivity contribution >= 4 is 29.2 Å². The number of piperidine rings is 1. The van der Waals surface area contributed by atoms with Crippen LogP contribution in [0.2, 0.25) is 0 Å². The molecular formula is C51H77N5O12. The van der Waals surface area contributed by atoms with Crippen molar-refractivity contribution in [3.63, 3.8) is 0 Å². The summed E-state index contributed by atoms with van der Waals surface area (Å²) in [5, 5.41) is 46.2. The smallest absolute Gasteiger partial charge is 0.329 e. The Hall–Kier alpha value is -4.26. The fourth-order valence-electron chi connectivity index (χ4n) is 10.5. The van der Waals surface area contributed by atoms with Gasteiger partial charge in [-0.05, 0) is 117 Å². The van der Waals surface area contributed by atoms with Crippen LogP contribution in [0, 0.1) is 35.5 Å². The second-order valence-electron chi connectivity index (χ2n) is 20.2. The first-order chi connectivity index (χ1) is 32.3. The number of hydrogen-bond acceptors (Lipinski definition) is 15. The average Bonchev–Trinajstić information content (AvgIpc) is 3.86. The van der Waals surface area contributed by atoms with Gasteiger partial charge in [-0.25, -0.2) is 9.48 Å². The molecule has 15 atom stereocenters. The van der Waals surface area contributed by atoms with Crippen LogP contribution in [0.25, 0.3) is 0 Å². The highest BCUT2D eigenvalue weighted by Crippen LogP contribution is 2.39. The third-order valence-corrected chi connectivity index (χ3v) is 14.9. The number of carbonyl (C=O) groups is 5. The van der Waals surface area contributed by atoms with Crippen LogP contribution in [0.4, 0.5) is 0 Å². The Balaban J connectivity index is 1.45. The molecule has 5 rings (SSSR count). The predicted octanol–water partition coefficient (Wildman–Crippen LogP) is 5.39. The number of aromatic nitrogens is 4. The van der Waals surface area contributed by atoms with E-state index in [1.807, 2.05) is 32.1 Å². The standard InChI is InChI=1S/C51H77N5O12/c1-30-15-11-10-12-16-31(2)41(57)27-38-20-18-36(7)51(64,68-38)48(61)49(62)55-22-14-13-17-40(55)50(63)67-43(33(4)25-37-19-21-39(44(26-37)65-8)56-29-52-53-54-56)28-42(58)32(3)24-35(6)46(60)47(66-9)45(59)34(5)23-30/h10-12,15-16,24,29-30,32-34,36-41,43-44,46-47,57,60,64H,13-14,17-23,25-28H2,1-9H3/b12-10+,15-11+,31-16+,35-24+/t30-,32-,33-,34-,36-,37+,38+,39+,40+,41?,43+,44-,46-,47+,51-/m1/s1. The predicted molar refractivity (Wildman–Crippen MR) is 251 cm³/mol. The van der Waals surface area contributed by atoms with Crippen molar-refractivity contribution in [2.24, 2.45) is 35.5 Å². The lowest BCUT2D eigenvalue weighted by molar-refractivity contribution is -0.265. The molecule has 0 radical (unpaired) electrons. The number of allylic oxidation sites excluding steroid dienone is 6. The topological polar surface area (TPSA) is 230 Å². The number of Topliss-reactive ketones (excluding diaryl/α,β-unsaturated/α-hetero) is 3. The molecule has 17 nitrogen and oxygen atoms in total. The second kappa shape index (κ2) is 25.0. The second-order valence-corrected chi connectivity index (χ2v) is 20.2. The number of tetrazole rings is 1. The zero-order valence-electron chi connectivity index (χ0n) is 41.6. The molecule has 1 aliphatic carbocycles. The molecule has 68 heavy (non-hydrogen) atoms. The van der Waals surface area contributed by atoms with Crippen molar-refractivity contribution in [2.75, 3.05) is 20.8 Å². The van der Waals surface area contributed by atoms with Gasteiger partial charge >= 0.3 is 5.97 Å². The van der Waals surface area contributed by atoms with Crippen LogP contribution in [-0.4, -0.2) is 139 Å². The lowest BCUT2D eigenvalue weighted by Gasteiger charge is -2.42. The first kappa shape index (κ1) is 54.7. The van der Waals surface area contributed by atoms with E-state index in [0.717, 1.165) is 12.8 Å². The SMILES string of the molecule is CO[C@@H]1C[C@H](C[C@@H](C)[C@@H]2CC(=O)[C@H](C)/C=C(\C)[C@@H](O)[C@@H](OC)C(=O)[C@H](C)C[C@H](C)/C=C/C=C/C=C(\C)C(O)C[C@@H]3CC[C@@H](C)[C@@](O)(O3)C(=O)C(=O)N3CCCC[C@H]3C(=O)O2)CC[C@@H]1n1cnnn1. The zero-order valence-corrected chi connectivity index (χ0v) is 41.6. The van der Waals surface area contributed by atoms with Gasteiger partial charge in [0.15, 0.2) is 5.78 Å². The molecule has 378 valence electrons. The molecule has 4 heterocycles. The van der Waals surface area contributed by atoms with Gasteiger partial charge in [0.1, 0.15) is 36.5 Å². The summed E-state index contributed by atoms with van der Waals surface area (Å²) < 4.78 is 25.5. The number of carbonyl (C=O) groups excluding carboxylic acids is 5. The number of hydrogen-bond donors (Lipinski definition) is 3. The van der Waals surface area contributed by atoms with Crippen molar-refractivity contribution in [1.82, 2.24) is 25.1 Å². The monoisotopic (exact) mass is 952 g/mol. The lowest BCUT2D eigenvalue weighted by atomic mass is 9.77. The summed E-state index contributed by atoms with van der Waals surface area (Å²) in [6.07, 6.45) is 12.3. The molecule has 1 saturated carbocycles. The van der Waals surface area contributed by atoms with Crippen LogP contribution in [0.3, 0.4) is 0 Å². The number of aliphatic hydroxyl groups is 3. The van der Waals surface area contributed by atoms with Crippen LogP contribution in [0.5, 0.6) is 0 Å². The number of amides is 1. The number of methoxy groups -OCH3 is 2. The van der Waals surface area contributed by atoms with Gasteiger partial charge in [-0.3, -0.25) is 19.2 Å². The van der Waals surface area contributed by atoms with Gasteiger partial charge in [-0.15, -0.1) is 5.10 Å². The Bertz CT molecular complexity index is 2000. The van der Waals surface area contributed by atoms with E-state index in [-0.39, 0.29) is 67.3 Å². The molecular weight excluding hydrogens is 875 g/mol. The Morgan fingerprint density at radius 2 is 1.65 bits per heavy atom. The molecule has 17 heteroatoms. The van der Waals surface area contributed by atoms with Crippen LogP contribution < -0.4 is 0 Å². The number of nitrogens with zero attached hydrogens (tertiary/aromatic N) is 5. The van der Waals surface area contributed by atoms with E-state index in [1.165, 1.54) is 12.0 Å². The summed E-state index contributed by atoms with van der Waals surface area (Å²) in [7, 11) is 3.02. The van der Waals surface area contributed by atoms with Crippen LogP contribution >= 0.6 is 0 Å². The lowest BCUT2D eigenvalue weighted by Crippen LogP contribution is -2.61. The van der Waals surface area contributed by atoms with Crippen molar-refractivity contribution in [2.45, 2.75) is 180 Å². The van der Waals surface area contributed by atoms with Gasteiger partial charge in [-0.2, -0.15) is 0 Å². The zero-order chi connectivity index (χ0) is 49.9. The van der Waals surface area contributed by atoms with Crippen LogP contribution in [0.1, 0.15) is 132 Å².